The van der Waals surface area contributed by atoms with Crippen LogP contribution in [0, 0.1) is 0 Å². The molecule has 0 rings (SSSR count). The van der Waals surface area contributed by atoms with Gasteiger partial charge in [0.15, 0.2) is 0 Å². The molecule has 0 aromatic rings. The maximum absolute atomic E-state index is 9.19. The van der Waals surface area contributed by atoms with Crippen LogP contribution in [-0.2, 0) is 0 Å². The standard InChI is InChI=1S/C6H15NO3/c1-6(2,9)3-5(4-8)7-10/h5,7-10H,3-4H2,1-2H3. The van der Waals surface area contributed by atoms with Crippen molar-refractivity contribution >= 4 is 0 Å². The fraction of sp³-hybridized carbons (Fsp3) is 1.00. The normalized spacial score (nSPS) is 15.3. The van der Waals surface area contributed by atoms with E-state index in [1.807, 2.05) is 5.48 Å². The molecule has 4 nitrogen and oxygen atoms in total. The first kappa shape index (κ1) is 9.84. The molecule has 0 aliphatic carbocycles. The van der Waals surface area contributed by atoms with Crippen molar-refractivity contribution in [2.45, 2.75) is 31.9 Å². The van der Waals surface area contributed by atoms with E-state index in [2.05, 4.69) is 0 Å². The molecule has 1 atom stereocenters. The summed E-state index contributed by atoms with van der Waals surface area (Å²) in [6.45, 7) is 3.06. The van der Waals surface area contributed by atoms with Gasteiger partial charge in [-0.15, -0.1) is 0 Å². The van der Waals surface area contributed by atoms with E-state index in [4.69, 9.17) is 10.3 Å². The van der Waals surface area contributed by atoms with Crippen molar-refractivity contribution in [3.8, 4) is 0 Å². The molecule has 0 spiro atoms. The van der Waals surface area contributed by atoms with Crippen LogP contribution in [0.15, 0.2) is 0 Å². The maximum Gasteiger partial charge on any atom is 0.0608 e. The predicted molar refractivity (Wildman–Crippen MR) is 36.7 cm³/mol. The predicted octanol–water partition coefficient (Wildman–Crippen LogP) is -0.513. The smallest absolute Gasteiger partial charge is 0.0608 e. The Hall–Kier alpha value is -0.160. The van der Waals surface area contributed by atoms with Crippen molar-refractivity contribution in [3.63, 3.8) is 0 Å². The molecular formula is C6H15NO3. The third-order valence-corrected chi connectivity index (χ3v) is 1.15. The molecule has 4 N–H and O–H groups in total. The first-order valence-electron chi connectivity index (χ1n) is 3.22. The fourth-order valence-corrected chi connectivity index (χ4v) is 0.754. The molecule has 0 saturated heterocycles. The third kappa shape index (κ3) is 4.69. The Morgan fingerprint density at radius 2 is 2.00 bits per heavy atom. The van der Waals surface area contributed by atoms with Crippen LogP contribution in [0.4, 0.5) is 0 Å². The number of rotatable bonds is 4. The molecule has 0 aliphatic heterocycles. The zero-order chi connectivity index (χ0) is 8.20. The van der Waals surface area contributed by atoms with Crippen LogP contribution in [0.25, 0.3) is 0 Å². The second kappa shape index (κ2) is 3.88. The van der Waals surface area contributed by atoms with E-state index in [0.29, 0.717) is 6.42 Å². The SMILES string of the molecule is CC(C)(O)CC(CO)NO. The lowest BCUT2D eigenvalue weighted by molar-refractivity contribution is 0.0136. The molecule has 0 amide bonds. The number of nitrogens with one attached hydrogen (secondary N) is 1. The van der Waals surface area contributed by atoms with Crippen LogP contribution in [0.3, 0.4) is 0 Å². The summed E-state index contributed by atoms with van der Waals surface area (Å²) in [5.41, 5.74) is 1.04. The Balaban J connectivity index is 3.63. The van der Waals surface area contributed by atoms with Crippen molar-refractivity contribution in [3.05, 3.63) is 0 Å². The van der Waals surface area contributed by atoms with Crippen molar-refractivity contribution < 1.29 is 15.4 Å². The van der Waals surface area contributed by atoms with E-state index < -0.39 is 11.6 Å². The van der Waals surface area contributed by atoms with Gasteiger partial charge in [-0.2, -0.15) is 0 Å². The van der Waals surface area contributed by atoms with Gasteiger partial charge < -0.3 is 15.4 Å². The first-order valence-corrected chi connectivity index (χ1v) is 3.22. The molecule has 0 aromatic heterocycles. The Kier molecular flexibility index (Phi) is 3.81. The van der Waals surface area contributed by atoms with Crippen LogP contribution < -0.4 is 5.48 Å². The lowest BCUT2D eigenvalue weighted by Gasteiger charge is -2.21. The summed E-state index contributed by atoms with van der Waals surface area (Å²) in [6.07, 6.45) is 0.319. The van der Waals surface area contributed by atoms with Crippen molar-refractivity contribution in [1.82, 2.24) is 5.48 Å². The van der Waals surface area contributed by atoms with Gasteiger partial charge >= 0.3 is 0 Å². The molecule has 0 aromatic carbocycles. The highest BCUT2D eigenvalue weighted by Crippen LogP contribution is 2.09. The minimum Gasteiger partial charge on any atom is -0.395 e. The van der Waals surface area contributed by atoms with E-state index in [1.165, 1.54) is 0 Å². The lowest BCUT2D eigenvalue weighted by Crippen LogP contribution is -2.37. The average molecular weight is 149 g/mol. The topological polar surface area (TPSA) is 72.7 Å². The monoisotopic (exact) mass is 149 g/mol. The molecule has 0 aliphatic rings. The highest BCUT2D eigenvalue weighted by Gasteiger charge is 2.18. The second-order valence-corrected chi connectivity index (χ2v) is 3.03. The Labute approximate surface area is 60.5 Å². The molecule has 0 fully saturated rings. The summed E-state index contributed by atoms with van der Waals surface area (Å²) in [7, 11) is 0. The summed E-state index contributed by atoms with van der Waals surface area (Å²) in [5.74, 6) is 0. The number of hydrogen-bond acceptors (Lipinski definition) is 4. The third-order valence-electron chi connectivity index (χ3n) is 1.15. The van der Waals surface area contributed by atoms with Gasteiger partial charge in [0, 0.05) is 0 Å². The van der Waals surface area contributed by atoms with Crippen LogP contribution in [-0.4, -0.2) is 33.7 Å². The van der Waals surface area contributed by atoms with Gasteiger partial charge in [0.2, 0.25) is 0 Å². The van der Waals surface area contributed by atoms with E-state index in [1.54, 1.807) is 13.8 Å². The zero-order valence-electron chi connectivity index (χ0n) is 6.33. The first-order chi connectivity index (χ1) is 4.49. The van der Waals surface area contributed by atoms with Gasteiger partial charge in [0.05, 0.1) is 18.2 Å². The zero-order valence-corrected chi connectivity index (χ0v) is 6.33. The molecule has 10 heavy (non-hydrogen) atoms. The highest BCUT2D eigenvalue weighted by molar-refractivity contribution is 4.73. The van der Waals surface area contributed by atoms with Crippen LogP contribution in [0.2, 0.25) is 0 Å². The lowest BCUT2D eigenvalue weighted by atomic mass is 10.0. The van der Waals surface area contributed by atoms with Gasteiger partial charge in [0.25, 0.3) is 0 Å². The quantitative estimate of drug-likeness (QED) is 0.406. The number of aliphatic hydroxyl groups is 2. The summed E-state index contributed by atoms with van der Waals surface area (Å²) in [6, 6.07) is -0.444. The molecular weight excluding hydrogens is 134 g/mol. The van der Waals surface area contributed by atoms with Crippen molar-refractivity contribution in [2.75, 3.05) is 6.61 Å². The fourth-order valence-electron chi connectivity index (χ4n) is 0.754. The minimum atomic E-state index is -0.858. The van der Waals surface area contributed by atoms with E-state index in [0.717, 1.165) is 0 Å². The van der Waals surface area contributed by atoms with Crippen LogP contribution >= 0.6 is 0 Å². The highest BCUT2D eigenvalue weighted by atomic mass is 16.5. The van der Waals surface area contributed by atoms with E-state index in [9.17, 15) is 5.11 Å². The number of hydroxylamine groups is 1. The van der Waals surface area contributed by atoms with Gasteiger partial charge in [-0.3, -0.25) is 0 Å². The molecule has 4 heteroatoms. The molecule has 62 valence electrons. The van der Waals surface area contributed by atoms with Crippen molar-refractivity contribution in [1.29, 1.82) is 0 Å². The average Bonchev–Trinajstić information content (AvgIpc) is 1.81. The summed E-state index contributed by atoms with van der Waals surface area (Å²) >= 11 is 0. The number of hydrogen-bond donors (Lipinski definition) is 4. The Bertz CT molecular complexity index is 85.5. The van der Waals surface area contributed by atoms with Gasteiger partial charge in [-0.25, -0.2) is 5.48 Å². The molecule has 0 bridgehead atoms. The van der Waals surface area contributed by atoms with Gasteiger partial charge in [-0.1, -0.05) is 0 Å². The van der Waals surface area contributed by atoms with Crippen molar-refractivity contribution in [2.24, 2.45) is 0 Å². The van der Waals surface area contributed by atoms with E-state index in [-0.39, 0.29) is 6.61 Å². The Morgan fingerprint density at radius 3 is 2.10 bits per heavy atom. The summed E-state index contributed by atoms with van der Waals surface area (Å²) in [4.78, 5) is 0. The van der Waals surface area contributed by atoms with E-state index >= 15 is 0 Å². The van der Waals surface area contributed by atoms with Crippen LogP contribution in [0.1, 0.15) is 20.3 Å². The molecule has 0 radical (unpaired) electrons. The second-order valence-electron chi connectivity index (χ2n) is 3.03. The maximum atomic E-state index is 9.19. The molecule has 1 unspecified atom stereocenters. The van der Waals surface area contributed by atoms with Crippen LogP contribution in [0.5, 0.6) is 0 Å². The molecule has 0 heterocycles. The largest absolute Gasteiger partial charge is 0.395 e. The summed E-state index contributed by atoms with van der Waals surface area (Å²) in [5, 5.41) is 26.1. The summed E-state index contributed by atoms with van der Waals surface area (Å²) < 4.78 is 0. The molecule has 0 saturated carbocycles. The minimum absolute atomic E-state index is 0.180. The van der Waals surface area contributed by atoms with Gasteiger partial charge in [-0.05, 0) is 20.3 Å². The Morgan fingerprint density at radius 1 is 1.50 bits per heavy atom. The van der Waals surface area contributed by atoms with Gasteiger partial charge in [0.1, 0.15) is 0 Å². The number of aliphatic hydroxyl groups excluding tert-OH is 1.